The van der Waals surface area contributed by atoms with Gasteiger partial charge in [0, 0.05) is 36.0 Å². The molecule has 0 unspecified atom stereocenters. The zero-order valence-corrected chi connectivity index (χ0v) is 14.5. The third-order valence-electron chi connectivity index (χ3n) is 4.36. The standard InChI is InChI=1S/C21H17FN4/c1-13-5-3-7-16(19(13)22)14-8-9-18-17(11-14)21(23-2)26-20(25-18)15-6-4-10-24-12-15/h3-12H,1-2H3,(H,23,25,26). The van der Waals surface area contributed by atoms with E-state index in [-0.39, 0.29) is 5.82 Å². The number of nitrogens with one attached hydrogen (secondary N) is 1. The van der Waals surface area contributed by atoms with E-state index < -0.39 is 0 Å². The second-order valence-electron chi connectivity index (χ2n) is 6.06. The van der Waals surface area contributed by atoms with Crippen LogP contribution >= 0.6 is 0 Å². The zero-order valence-electron chi connectivity index (χ0n) is 14.5. The van der Waals surface area contributed by atoms with Gasteiger partial charge in [0.15, 0.2) is 5.82 Å². The molecule has 0 fully saturated rings. The van der Waals surface area contributed by atoms with Gasteiger partial charge in [0.2, 0.25) is 0 Å². The third-order valence-corrected chi connectivity index (χ3v) is 4.36. The van der Waals surface area contributed by atoms with Crippen LogP contribution in [-0.4, -0.2) is 22.0 Å². The number of hydrogen-bond donors (Lipinski definition) is 1. The molecule has 1 N–H and O–H groups in total. The Bertz CT molecular complexity index is 1090. The molecule has 0 spiro atoms. The van der Waals surface area contributed by atoms with Gasteiger partial charge in [0.05, 0.1) is 5.52 Å². The lowest BCUT2D eigenvalue weighted by Gasteiger charge is -2.11. The molecule has 2 aromatic carbocycles. The molecule has 0 saturated heterocycles. The summed E-state index contributed by atoms with van der Waals surface area (Å²) in [5, 5.41) is 3.97. The fourth-order valence-corrected chi connectivity index (χ4v) is 2.98. The average molecular weight is 344 g/mol. The van der Waals surface area contributed by atoms with E-state index in [2.05, 4.69) is 20.3 Å². The summed E-state index contributed by atoms with van der Waals surface area (Å²) in [6, 6.07) is 14.9. The molecule has 26 heavy (non-hydrogen) atoms. The van der Waals surface area contributed by atoms with Crippen LogP contribution in [0.3, 0.4) is 0 Å². The van der Waals surface area contributed by atoms with Gasteiger partial charge in [-0.05, 0) is 42.3 Å². The molecule has 5 heteroatoms. The maximum atomic E-state index is 14.5. The topological polar surface area (TPSA) is 50.7 Å². The van der Waals surface area contributed by atoms with Crippen molar-refractivity contribution in [2.45, 2.75) is 6.92 Å². The van der Waals surface area contributed by atoms with Gasteiger partial charge in [-0.25, -0.2) is 14.4 Å². The first kappa shape index (κ1) is 16.1. The van der Waals surface area contributed by atoms with Gasteiger partial charge in [-0.2, -0.15) is 0 Å². The molecule has 4 nitrogen and oxygen atoms in total. The highest BCUT2D eigenvalue weighted by molar-refractivity contribution is 5.94. The quantitative estimate of drug-likeness (QED) is 0.577. The van der Waals surface area contributed by atoms with Crippen molar-refractivity contribution < 1.29 is 4.39 Å². The average Bonchev–Trinajstić information content (AvgIpc) is 2.69. The van der Waals surface area contributed by atoms with E-state index in [1.807, 2.05) is 43.4 Å². The monoisotopic (exact) mass is 344 g/mol. The van der Waals surface area contributed by atoms with Gasteiger partial charge in [-0.1, -0.05) is 24.3 Å². The molecule has 128 valence electrons. The fourth-order valence-electron chi connectivity index (χ4n) is 2.98. The van der Waals surface area contributed by atoms with Gasteiger partial charge >= 0.3 is 0 Å². The van der Waals surface area contributed by atoms with Crippen LogP contribution in [0.2, 0.25) is 0 Å². The van der Waals surface area contributed by atoms with Gasteiger partial charge < -0.3 is 5.32 Å². The lowest BCUT2D eigenvalue weighted by Crippen LogP contribution is -1.99. The maximum absolute atomic E-state index is 14.5. The van der Waals surface area contributed by atoms with Crippen molar-refractivity contribution in [2.75, 3.05) is 12.4 Å². The Morgan fingerprint density at radius 3 is 2.62 bits per heavy atom. The van der Waals surface area contributed by atoms with Crippen LogP contribution in [0.1, 0.15) is 5.56 Å². The van der Waals surface area contributed by atoms with Crippen molar-refractivity contribution in [1.82, 2.24) is 15.0 Å². The van der Waals surface area contributed by atoms with Crippen LogP contribution in [0.5, 0.6) is 0 Å². The largest absolute Gasteiger partial charge is 0.373 e. The molecular formula is C21H17FN4. The van der Waals surface area contributed by atoms with Crippen molar-refractivity contribution in [1.29, 1.82) is 0 Å². The fraction of sp³-hybridized carbons (Fsp3) is 0.0952. The molecule has 0 bridgehead atoms. The Morgan fingerprint density at radius 1 is 0.962 bits per heavy atom. The minimum Gasteiger partial charge on any atom is -0.373 e. The first-order chi connectivity index (χ1) is 12.7. The molecule has 2 aromatic heterocycles. The molecule has 0 amide bonds. The number of halogens is 1. The van der Waals surface area contributed by atoms with Crippen LogP contribution in [0.25, 0.3) is 33.4 Å². The van der Waals surface area contributed by atoms with E-state index in [1.54, 1.807) is 31.5 Å². The number of fused-ring (bicyclic) bond motifs is 1. The Labute approximate surface area is 150 Å². The Balaban J connectivity index is 1.90. The molecule has 0 aliphatic carbocycles. The summed E-state index contributed by atoms with van der Waals surface area (Å²) in [5.74, 6) is 1.10. The molecule has 0 radical (unpaired) electrons. The number of anilines is 1. The first-order valence-corrected chi connectivity index (χ1v) is 8.33. The van der Waals surface area contributed by atoms with Gasteiger partial charge in [-0.3, -0.25) is 4.98 Å². The van der Waals surface area contributed by atoms with Crippen molar-refractivity contribution in [3.8, 4) is 22.5 Å². The van der Waals surface area contributed by atoms with E-state index in [1.165, 1.54) is 0 Å². The normalized spacial score (nSPS) is 10.9. The minimum absolute atomic E-state index is 0.203. The number of pyridine rings is 1. The zero-order chi connectivity index (χ0) is 18.1. The highest BCUT2D eigenvalue weighted by Gasteiger charge is 2.12. The highest BCUT2D eigenvalue weighted by Crippen LogP contribution is 2.31. The Hall–Kier alpha value is -3.34. The second-order valence-corrected chi connectivity index (χ2v) is 6.06. The highest BCUT2D eigenvalue weighted by atomic mass is 19.1. The van der Waals surface area contributed by atoms with E-state index in [9.17, 15) is 4.39 Å². The van der Waals surface area contributed by atoms with Crippen LogP contribution in [0.15, 0.2) is 60.9 Å². The number of hydrogen-bond acceptors (Lipinski definition) is 4. The molecule has 4 rings (SSSR count). The molecular weight excluding hydrogens is 327 g/mol. The van der Waals surface area contributed by atoms with Gasteiger partial charge in [0.1, 0.15) is 11.6 Å². The van der Waals surface area contributed by atoms with Crippen molar-refractivity contribution in [3.05, 3.63) is 72.3 Å². The summed E-state index contributed by atoms with van der Waals surface area (Å²) in [5.41, 5.74) is 3.64. The molecule has 0 atom stereocenters. The van der Waals surface area contributed by atoms with Crippen molar-refractivity contribution >= 4 is 16.7 Å². The lowest BCUT2D eigenvalue weighted by molar-refractivity contribution is 0.622. The Morgan fingerprint density at radius 2 is 1.85 bits per heavy atom. The summed E-state index contributed by atoms with van der Waals surface area (Å²) >= 11 is 0. The lowest BCUT2D eigenvalue weighted by atomic mass is 10.0. The van der Waals surface area contributed by atoms with Gasteiger partial charge in [0.25, 0.3) is 0 Å². The summed E-state index contributed by atoms with van der Waals surface area (Å²) < 4.78 is 14.5. The molecule has 0 aliphatic heterocycles. The van der Waals surface area contributed by atoms with E-state index in [4.69, 9.17) is 0 Å². The van der Waals surface area contributed by atoms with Crippen molar-refractivity contribution in [2.24, 2.45) is 0 Å². The van der Waals surface area contributed by atoms with Crippen molar-refractivity contribution in [3.63, 3.8) is 0 Å². The predicted octanol–water partition coefficient (Wildman–Crippen LogP) is 4.85. The summed E-state index contributed by atoms with van der Waals surface area (Å²) in [6.45, 7) is 1.77. The minimum atomic E-state index is -0.203. The summed E-state index contributed by atoms with van der Waals surface area (Å²) in [4.78, 5) is 13.4. The van der Waals surface area contributed by atoms with Crippen LogP contribution in [-0.2, 0) is 0 Å². The molecule has 0 aliphatic rings. The van der Waals surface area contributed by atoms with Gasteiger partial charge in [-0.15, -0.1) is 0 Å². The SMILES string of the molecule is CNc1nc(-c2cccnc2)nc2ccc(-c3cccc(C)c3F)cc12. The number of benzene rings is 2. The first-order valence-electron chi connectivity index (χ1n) is 8.33. The number of aryl methyl sites for hydroxylation is 1. The van der Waals surface area contributed by atoms with E-state index in [0.29, 0.717) is 22.8 Å². The van der Waals surface area contributed by atoms with E-state index in [0.717, 1.165) is 22.0 Å². The van der Waals surface area contributed by atoms with Crippen LogP contribution < -0.4 is 5.32 Å². The number of nitrogens with zero attached hydrogens (tertiary/aromatic N) is 3. The maximum Gasteiger partial charge on any atom is 0.163 e. The smallest absolute Gasteiger partial charge is 0.163 e. The number of aromatic nitrogens is 3. The van der Waals surface area contributed by atoms with Crippen LogP contribution in [0, 0.1) is 12.7 Å². The molecule has 0 saturated carbocycles. The third kappa shape index (κ3) is 2.77. The number of rotatable bonds is 3. The van der Waals surface area contributed by atoms with E-state index >= 15 is 0 Å². The molecule has 2 heterocycles. The second kappa shape index (κ2) is 6.52. The Kier molecular flexibility index (Phi) is 4.05. The summed E-state index contributed by atoms with van der Waals surface area (Å²) in [7, 11) is 1.81. The molecule has 4 aromatic rings. The van der Waals surface area contributed by atoms with Crippen LogP contribution in [0.4, 0.5) is 10.2 Å². The summed E-state index contributed by atoms with van der Waals surface area (Å²) in [6.07, 6.45) is 3.45. The predicted molar refractivity (Wildman–Crippen MR) is 102 cm³/mol.